The van der Waals surface area contributed by atoms with Gasteiger partial charge in [0.2, 0.25) is 5.91 Å². The number of rotatable bonds is 6. The number of carbonyl (C=O) groups excluding carboxylic acids is 1. The molecule has 3 unspecified atom stereocenters. The molecule has 0 aromatic heterocycles. The second-order valence-electron chi connectivity index (χ2n) is 8.60. The third-order valence-electron chi connectivity index (χ3n) is 5.99. The van der Waals surface area contributed by atoms with Crippen LogP contribution >= 0.6 is 0 Å². The Bertz CT molecular complexity index is 605. The van der Waals surface area contributed by atoms with Crippen LogP contribution in [0.15, 0.2) is 24.3 Å². The van der Waals surface area contributed by atoms with Crippen molar-refractivity contribution in [2.45, 2.75) is 52.2 Å². The van der Waals surface area contributed by atoms with Gasteiger partial charge in [0.15, 0.2) is 0 Å². The van der Waals surface area contributed by atoms with Crippen LogP contribution < -0.4 is 11.1 Å². The fraction of sp³-hybridized carbons (Fsp3) is 0.682. The maximum Gasteiger partial charge on any atom is 0.237 e. The molecule has 3 N–H and O–H groups in total. The van der Waals surface area contributed by atoms with Gasteiger partial charge in [0.25, 0.3) is 0 Å². The summed E-state index contributed by atoms with van der Waals surface area (Å²) in [6, 6.07) is 8.00. The maximum absolute atomic E-state index is 12.5. The molecule has 2 saturated heterocycles. The zero-order valence-corrected chi connectivity index (χ0v) is 16.8. The van der Waals surface area contributed by atoms with Gasteiger partial charge in [-0.2, -0.15) is 0 Å². The second-order valence-corrected chi connectivity index (χ2v) is 8.60. The van der Waals surface area contributed by atoms with Gasteiger partial charge in [0.05, 0.1) is 6.04 Å². The van der Waals surface area contributed by atoms with Gasteiger partial charge in [-0.1, -0.05) is 38.1 Å². The highest BCUT2D eigenvalue weighted by molar-refractivity contribution is 5.81. The Morgan fingerprint density at radius 3 is 2.48 bits per heavy atom. The number of carbonyl (C=O) groups is 1. The smallest absolute Gasteiger partial charge is 0.237 e. The van der Waals surface area contributed by atoms with Crippen molar-refractivity contribution >= 4 is 5.91 Å². The Hall–Kier alpha value is -1.43. The average molecular weight is 374 g/mol. The van der Waals surface area contributed by atoms with Crippen molar-refractivity contribution in [2.24, 2.45) is 23.5 Å². The highest BCUT2D eigenvalue weighted by Gasteiger charge is 2.26. The van der Waals surface area contributed by atoms with Crippen LogP contribution in [-0.4, -0.2) is 43.2 Å². The minimum atomic E-state index is -0.440. The predicted octanol–water partition coefficient (Wildman–Crippen LogP) is 2.53. The van der Waals surface area contributed by atoms with E-state index in [-0.39, 0.29) is 11.8 Å². The summed E-state index contributed by atoms with van der Waals surface area (Å²) in [4.78, 5) is 15.1. The fourth-order valence-electron chi connectivity index (χ4n) is 4.64. The van der Waals surface area contributed by atoms with E-state index in [1.165, 1.54) is 17.5 Å². The van der Waals surface area contributed by atoms with Crippen molar-refractivity contribution in [1.82, 2.24) is 10.2 Å². The quantitative estimate of drug-likeness (QED) is 0.804. The van der Waals surface area contributed by atoms with Gasteiger partial charge in [0, 0.05) is 39.4 Å². The summed E-state index contributed by atoms with van der Waals surface area (Å²) in [5.74, 6) is 1.68. The van der Waals surface area contributed by atoms with Crippen molar-refractivity contribution in [3.63, 3.8) is 0 Å². The summed E-state index contributed by atoms with van der Waals surface area (Å²) < 4.78 is 5.37. The van der Waals surface area contributed by atoms with Crippen LogP contribution in [0.5, 0.6) is 0 Å². The molecular formula is C22H35N3O2. The third kappa shape index (κ3) is 5.77. The van der Waals surface area contributed by atoms with E-state index in [2.05, 4.69) is 42.3 Å². The monoisotopic (exact) mass is 373 g/mol. The Labute approximate surface area is 163 Å². The van der Waals surface area contributed by atoms with Crippen LogP contribution in [0.2, 0.25) is 0 Å². The van der Waals surface area contributed by atoms with E-state index in [0.717, 1.165) is 44.3 Å². The summed E-state index contributed by atoms with van der Waals surface area (Å²) in [6.07, 6.45) is 3.06. The Balaban J connectivity index is 1.56. The molecule has 1 aromatic carbocycles. The number of nitrogens with two attached hydrogens (primary N) is 1. The molecule has 0 radical (unpaired) electrons. The van der Waals surface area contributed by atoms with Crippen LogP contribution in [0.4, 0.5) is 0 Å². The molecule has 0 aliphatic carbocycles. The van der Waals surface area contributed by atoms with E-state index in [0.29, 0.717) is 19.8 Å². The highest BCUT2D eigenvalue weighted by Crippen LogP contribution is 2.23. The van der Waals surface area contributed by atoms with Crippen molar-refractivity contribution in [3.05, 3.63) is 35.4 Å². The van der Waals surface area contributed by atoms with Crippen molar-refractivity contribution in [3.8, 4) is 0 Å². The zero-order valence-electron chi connectivity index (χ0n) is 16.8. The highest BCUT2D eigenvalue weighted by atomic mass is 16.5. The molecule has 1 aromatic rings. The summed E-state index contributed by atoms with van der Waals surface area (Å²) in [5, 5.41) is 3.07. The van der Waals surface area contributed by atoms with Gasteiger partial charge in [-0.15, -0.1) is 0 Å². The second kappa shape index (κ2) is 9.67. The molecule has 0 spiro atoms. The molecule has 150 valence electrons. The van der Waals surface area contributed by atoms with E-state index in [9.17, 15) is 4.79 Å². The number of piperidine rings is 1. The van der Waals surface area contributed by atoms with Crippen molar-refractivity contribution in [1.29, 1.82) is 0 Å². The number of nitrogens with zero attached hydrogens (tertiary/aromatic N) is 1. The minimum Gasteiger partial charge on any atom is -0.381 e. The fourth-order valence-corrected chi connectivity index (χ4v) is 4.64. The van der Waals surface area contributed by atoms with Crippen LogP contribution in [-0.2, 0) is 22.6 Å². The molecule has 1 amide bonds. The number of benzene rings is 1. The number of nitrogens with one attached hydrogen (secondary N) is 1. The first-order chi connectivity index (χ1) is 13.0. The number of ether oxygens (including phenoxy) is 1. The van der Waals surface area contributed by atoms with E-state index >= 15 is 0 Å². The molecular weight excluding hydrogens is 338 g/mol. The van der Waals surface area contributed by atoms with Crippen LogP contribution in [0.3, 0.4) is 0 Å². The SMILES string of the molecule is CC1CC(C)CN(Cc2ccccc2CNC(=O)C(N)C2CCOCC2)C1. The Kier molecular flexibility index (Phi) is 7.27. The molecule has 2 heterocycles. The van der Waals surface area contributed by atoms with E-state index < -0.39 is 6.04 Å². The van der Waals surface area contributed by atoms with E-state index in [4.69, 9.17) is 10.5 Å². The minimum absolute atomic E-state index is 0.0445. The van der Waals surface area contributed by atoms with Gasteiger partial charge in [-0.25, -0.2) is 0 Å². The zero-order chi connectivity index (χ0) is 19.2. The Morgan fingerprint density at radius 2 is 1.81 bits per heavy atom. The molecule has 27 heavy (non-hydrogen) atoms. The molecule has 5 heteroatoms. The van der Waals surface area contributed by atoms with Gasteiger partial charge < -0.3 is 15.8 Å². The molecule has 2 aliphatic rings. The summed E-state index contributed by atoms with van der Waals surface area (Å²) >= 11 is 0. The molecule has 0 bridgehead atoms. The standard InChI is InChI=1S/C22H35N3O2/c1-16-11-17(2)14-25(13-16)15-20-6-4-3-5-19(20)12-24-22(26)21(23)18-7-9-27-10-8-18/h3-6,16-18,21H,7-15,23H2,1-2H3,(H,24,26). The van der Waals surface area contributed by atoms with Gasteiger partial charge in [0.1, 0.15) is 0 Å². The number of hydrogen-bond donors (Lipinski definition) is 2. The summed E-state index contributed by atoms with van der Waals surface area (Å²) in [6.45, 7) is 9.90. The number of likely N-dealkylation sites (tertiary alicyclic amines) is 1. The first-order valence-electron chi connectivity index (χ1n) is 10.4. The Morgan fingerprint density at radius 1 is 1.19 bits per heavy atom. The molecule has 3 rings (SSSR count). The van der Waals surface area contributed by atoms with Gasteiger partial charge >= 0.3 is 0 Å². The first-order valence-corrected chi connectivity index (χ1v) is 10.4. The first kappa shape index (κ1) is 20.3. The molecule has 2 fully saturated rings. The summed E-state index contributed by atoms with van der Waals surface area (Å²) in [7, 11) is 0. The van der Waals surface area contributed by atoms with Crippen molar-refractivity contribution in [2.75, 3.05) is 26.3 Å². The van der Waals surface area contributed by atoms with Gasteiger partial charge in [-0.05, 0) is 48.1 Å². The largest absolute Gasteiger partial charge is 0.381 e. The van der Waals surface area contributed by atoms with E-state index in [1.807, 2.05) is 6.07 Å². The molecule has 2 aliphatic heterocycles. The number of hydrogen-bond acceptors (Lipinski definition) is 4. The maximum atomic E-state index is 12.5. The predicted molar refractivity (Wildman–Crippen MR) is 108 cm³/mol. The van der Waals surface area contributed by atoms with Crippen LogP contribution in [0, 0.1) is 17.8 Å². The third-order valence-corrected chi connectivity index (χ3v) is 5.99. The van der Waals surface area contributed by atoms with Crippen LogP contribution in [0.25, 0.3) is 0 Å². The molecule has 5 nitrogen and oxygen atoms in total. The normalized spacial score (nSPS) is 25.9. The number of amides is 1. The van der Waals surface area contributed by atoms with E-state index in [1.54, 1.807) is 0 Å². The molecule has 0 saturated carbocycles. The lowest BCUT2D eigenvalue weighted by Crippen LogP contribution is -2.47. The average Bonchev–Trinajstić information content (AvgIpc) is 2.66. The molecule has 3 atom stereocenters. The van der Waals surface area contributed by atoms with Crippen molar-refractivity contribution < 1.29 is 9.53 Å². The lowest BCUT2D eigenvalue weighted by Gasteiger charge is -2.35. The van der Waals surface area contributed by atoms with Gasteiger partial charge in [-0.3, -0.25) is 9.69 Å². The van der Waals surface area contributed by atoms with Crippen LogP contribution in [0.1, 0.15) is 44.2 Å². The topological polar surface area (TPSA) is 67.6 Å². The summed E-state index contributed by atoms with van der Waals surface area (Å²) in [5.41, 5.74) is 8.69. The lowest BCUT2D eigenvalue weighted by atomic mass is 9.91. The lowest BCUT2D eigenvalue weighted by molar-refractivity contribution is -0.124.